The molecule has 4 heteroatoms. The zero-order chi connectivity index (χ0) is 12.3. The molecule has 1 aliphatic rings. The lowest BCUT2D eigenvalue weighted by Gasteiger charge is -2.34. The molecule has 1 atom stereocenters. The first-order valence-electron chi connectivity index (χ1n) is 6.12. The molecule has 17 heavy (non-hydrogen) atoms. The summed E-state index contributed by atoms with van der Waals surface area (Å²) in [6, 6.07) is 2.17. The van der Waals surface area contributed by atoms with Gasteiger partial charge in [-0.05, 0) is 19.4 Å². The first-order valence-corrected chi connectivity index (χ1v) is 7.71. The smallest absolute Gasteiger partial charge is 0.0509 e. The monoisotopic (exact) mass is 270 g/mol. The van der Waals surface area contributed by atoms with Crippen LogP contribution in [0.1, 0.15) is 24.6 Å². The maximum atomic E-state index is 6.00. The third-order valence-corrected chi connectivity index (χ3v) is 4.84. The van der Waals surface area contributed by atoms with E-state index in [1.54, 1.807) is 0 Å². The van der Waals surface area contributed by atoms with Gasteiger partial charge in [0.25, 0.3) is 0 Å². The number of aryl methyl sites for hydroxylation is 1. The number of hydrogen-bond donors (Lipinski definition) is 0. The van der Waals surface area contributed by atoms with Crippen LogP contribution in [0.5, 0.6) is 0 Å². The van der Waals surface area contributed by atoms with Crippen molar-refractivity contribution in [3.05, 3.63) is 23.5 Å². The molecule has 1 fully saturated rings. The minimum Gasteiger partial charge on any atom is -0.369 e. The van der Waals surface area contributed by atoms with E-state index in [4.69, 9.17) is 11.6 Å². The van der Waals surface area contributed by atoms with Crippen molar-refractivity contribution in [1.29, 1.82) is 0 Å². The van der Waals surface area contributed by atoms with Crippen LogP contribution in [0, 0.1) is 6.92 Å². The van der Waals surface area contributed by atoms with Crippen LogP contribution in [-0.4, -0.2) is 29.1 Å². The molecule has 2 rings (SSSR count). The van der Waals surface area contributed by atoms with Gasteiger partial charge >= 0.3 is 0 Å². The van der Waals surface area contributed by atoms with Gasteiger partial charge in [0, 0.05) is 47.2 Å². The Morgan fingerprint density at radius 3 is 3.12 bits per heavy atom. The van der Waals surface area contributed by atoms with Gasteiger partial charge in [-0.3, -0.25) is 4.98 Å². The fourth-order valence-corrected chi connectivity index (χ4v) is 3.54. The highest BCUT2D eigenvalue weighted by molar-refractivity contribution is 8.00. The van der Waals surface area contributed by atoms with Crippen LogP contribution >= 0.6 is 23.4 Å². The second-order valence-corrected chi connectivity index (χ2v) is 6.11. The maximum absolute atomic E-state index is 6.00. The molecule has 0 amide bonds. The van der Waals surface area contributed by atoms with E-state index >= 15 is 0 Å². The van der Waals surface area contributed by atoms with Gasteiger partial charge in [0.05, 0.1) is 5.88 Å². The predicted octanol–water partition coefficient (Wildman–Crippen LogP) is 3.46. The van der Waals surface area contributed by atoms with Crippen molar-refractivity contribution >= 4 is 29.1 Å². The van der Waals surface area contributed by atoms with Crippen molar-refractivity contribution in [2.75, 3.05) is 23.7 Å². The van der Waals surface area contributed by atoms with E-state index < -0.39 is 0 Å². The van der Waals surface area contributed by atoms with Crippen molar-refractivity contribution < 1.29 is 0 Å². The Bertz CT molecular complexity index is 384. The number of thioether (sulfide) groups is 1. The zero-order valence-corrected chi connectivity index (χ0v) is 12.0. The minimum absolute atomic E-state index is 0.545. The predicted molar refractivity (Wildman–Crippen MR) is 77.3 cm³/mol. The quantitative estimate of drug-likeness (QED) is 0.783. The number of aromatic nitrogens is 1. The average Bonchev–Trinajstić information content (AvgIpc) is 2.39. The second-order valence-electron chi connectivity index (χ2n) is 4.44. The van der Waals surface area contributed by atoms with Gasteiger partial charge in [0.15, 0.2) is 0 Å². The molecule has 1 unspecified atom stereocenters. The van der Waals surface area contributed by atoms with E-state index in [9.17, 15) is 0 Å². The molecule has 0 aliphatic carbocycles. The van der Waals surface area contributed by atoms with Gasteiger partial charge in [-0.15, -0.1) is 11.6 Å². The third kappa shape index (κ3) is 3.08. The fourth-order valence-electron chi connectivity index (χ4n) is 2.16. The molecule has 1 saturated heterocycles. The third-order valence-electron chi connectivity index (χ3n) is 3.18. The van der Waals surface area contributed by atoms with Gasteiger partial charge in [-0.2, -0.15) is 11.8 Å². The highest BCUT2D eigenvalue weighted by atomic mass is 35.5. The van der Waals surface area contributed by atoms with Crippen LogP contribution in [0.3, 0.4) is 0 Å². The van der Waals surface area contributed by atoms with Crippen molar-refractivity contribution in [3.8, 4) is 0 Å². The van der Waals surface area contributed by atoms with E-state index in [2.05, 4.69) is 34.6 Å². The largest absolute Gasteiger partial charge is 0.369 e. The molecule has 1 aromatic rings. The molecule has 0 radical (unpaired) electrons. The molecule has 0 bridgehead atoms. The number of hydrogen-bond acceptors (Lipinski definition) is 3. The average molecular weight is 271 g/mol. The molecule has 2 heterocycles. The van der Waals surface area contributed by atoms with E-state index in [1.807, 2.05) is 13.1 Å². The first kappa shape index (κ1) is 13.0. The Labute approximate surface area is 113 Å². The van der Waals surface area contributed by atoms with Crippen LogP contribution in [0.25, 0.3) is 0 Å². The molecule has 0 aromatic carbocycles. The molecule has 1 aliphatic heterocycles. The van der Waals surface area contributed by atoms with Gasteiger partial charge < -0.3 is 4.90 Å². The summed E-state index contributed by atoms with van der Waals surface area (Å²) in [4.78, 5) is 6.80. The molecule has 2 nitrogen and oxygen atoms in total. The zero-order valence-electron chi connectivity index (χ0n) is 10.4. The summed E-state index contributed by atoms with van der Waals surface area (Å²) in [5.74, 6) is 1.75. The summed E-state index contributed by atoms with van der Waals surface area (Å²) in [6.07, 6.45) is 3.15. The summed E-state index contributed by atoms with van der Waals surface area (Å²) >= 11 is 8.09. The van der Waals surface area contributed by atoms with Crippen molar-refractivity contribution in [2.24, 2.45) is 0 Å². The molecule has 0 spiro atoms. The maximum Gasteiger partial charge on any atom is 0.0509 e. The number of rotatable bonds is 3. The molecule has 0 saturated carbocycles. The molecule has 0 N–H and O–H groups in total. The minimum atomic E-state index is 0.545. The number of halogens is 1. The summed E-state index contributed by atoms with van der Waals surface area (Å²) in [6.45, 7) is 6.56. The second kappa shape index (κ2) is 5.96. The number of anilines is 1. The van der Waals surface area contributed by atoms with Crippen LogP contribution in [0.15, 0.2) is 12.3 Å². The summed E-state index contributed by atoms with van der Waals surface area (Å²) in [5, 5.41) is 0.750. The van der Waals surface area contributed by atoms with E-state index in [0.717, 1.165) is 29.6 Å². The summed E-state index contributed by atoms with van der Waals surface area (Å²) < 4.78 is 0. The Morgan fingerprint density at radius 1 is 1.59 bits per heavy atom. The van der Waals surface area contributed by atoms with E-state index in [0.29, 0.717) is 5.88 Å². The fraction of sp³-hybridized carbons (Fsp3) is 0.615. The van der Waals surface area contributed by atoms with Crippen LogP contribution in [-0.2, 0) is 5.88 Å². The van der Waals surface area contributed by atoms with Crippen LogP contribution < -0.4 is 4.90 Å². The standard InChI is InChI=1S/C13H19ClN2S/c1-3-12-9-16(4-5-17-12)13-6-10(2)15-8-11(13)7-14/h6,8,12H,3-5,7,9H2,1-2H3. The molecular weight excluding hydrogens is 252 g/mol. The molecule has 94 valence electrons. The van der Waals surface area contributed by atoms with Gasteiger partial charge in [-0.1, -0.05) is 6.92 Å². The van der Waals surface area contributed by atoms with Crippen LogP contribution in [0.2, 0.25) is 0 Å². The van der Waals surface area contributed by atoms with Gasteiger partial charge in [0.1, 0.15) is 0 Å². The number of alkyl halides is 1. The van der Waals surface area contributed by atoms with E-state index in [-0.39, 0.29) is 0 Å². The topological polar surface area (TPSA) is 16.1 Å². The summed E-state index contributed by atoms with van der Waals surface area (Å²) in [7, 11) is 0. The van der Waals surface area contributed by atoms with Crippen molar-refractivity contribution in [1.82, 2.24) is 4.98 Å². The first-order chi connectivity index (χ1) is 8.24. The lowest BCUT2D eigenvalue weighted by atomic mass is 10.2. The Hall–Kier alpha value is -0.410. The number of nitrogens with zero attached hydrogens (tertiary/aromatic N) is 2. The highest BCUT2D eigenvalue weighted by Gasteiger charge is 2.21. The van der Waals surface area contributed by atoms with Crippen molar-refractivity contribution in [3.63, 3.8) is 0 Å². The Morgan fingerprint density at radius 2 is 2.41 bits per heavy atom. The lowest BCUT2D eigenvalue weighted by Crippen LogP contribution is -2.38. The summed E-state index contributed by atoms with van der Waals surface area (Å²) in [5.41, 5.74) is 3.51. The SMILES string of the molecule is CCC1CN(c2cc(C)ncc2CCl)CCS1. The highest BCUT2D eigenvalue weighted by Crippen LogP contribution is 2.29. The Balaban J connectivity index is 2.22. The molecule has 1 aromatic heterocycles. The normalized spacial score (nSPS) is 20.6. The number of pyridine rings is 1. The lowest BCUT2D eigenvalue weighted by molar-refractivity contribution is 0.725. The van der Waals surface area contributed by atoms with Gasteiger partial charge in [-0.25, -0.2) is 0 Å². The van der Waals surface area contributed by atoms with Gasteiger partial charge in [0.2, 0.25) is 0 Å². The van der Waals surface area contributed by atoms with E-state index in [1.165, 1.54) is 17.9 Å². The molecular formula is C13H19ClN2S. The Kier molecular flexibility index (Phi) is 4.57. The van der Waals surface area contributed by atoms with Crippen molar-refractivity contribution in [2.45, 2.75) is 31.4 Å². The van der Waals surface area contributed by atoms with Crippen LogP contribution in [0.4, 0.5) is 5.69 Å².